The maximum absolute atomic E-state index is 14.6. The number of carbonyl (C=O) groups excluding carboxylic acids is 6. The summed E-state index contributed by atoms with van der Waals surface area (Å²) < 4.78 is 39.9. The number of nitrogens with zero attached hydrogens (tertiary/aromatic N) is 14. The first-order valence-electron chi connectivity index (χ1n) is 45.6. The number of para-hydroxylation sites is 3. The molecule has 32 nitrogen and oxygen atoms in total. The number of fused-ring (bicyclic) bond motifs is 5. The molecule has 0 saturated carbocycles. The number of imidazole rings is 2. The van der Waals surface area contributed by atoms with Gasteiger partial charge in [0.25, 0.3) is 16.7 Å². The smallest absolute Gasteiger partial charge is 0.408 e. The van der Waals surface area contributed by atoms with Crippen LogP contribution in [0, 0.1) is 11.8 Å². The Morgan fingerprint density at radius 2 is 0.871 bits per heavy atom. The molecule has 0 spiro atoms. The monoisotopic (exact) mass is 1890 g/mol. The van der Waals surface area contributed by atoms with Crippen molar-refractivity contribution < 1.29 is 57.2 Å². The Hall–Kier alpha value is -16.0. The summed E-state index contributed by atoms with van der Waals surface area (Å²) in [7, 11) is 3.94. The van der Waals surface area contributed by atoms with Crippen molar-refractivity contribution in [1.29, 1.82) is 0 Å². The zero-order valence-electron chi connectivity index (χ0n) is 78.0. The van der Waals surface area contributed by atoms with Gasteiger partial charge in [-0.2, -0.15) is 0 Å². The Labute approximate surface area is 804 Å². The average Bonchev–Trinajstić information content (AvgIpc) is 1.56. The number of nitrogens with two attached hydrogens (primary N) is 1. The third-order valence-corrected chi connectivity index (χ3v) is 23.7. The van der Waals surface area contributed by atoms with E-state index in [4.69, 9.17) is 60.7 Å². The minimum Gasteiger partial charge on any atom is -0.465 e. The topological polar surface area (TPSA) is 400 Å². The Bertz CT molecular complexity index is 7460. The summed E-state index contributed by atoms with van der Waals surface area (Å²) in [5.41, 5.74) is 15.1. The van der Waals surface area contributed by atoms with E-state index in [1.54, 1.807) is 165 Å². The van der Waals surface area contributed by atoms with Crippen LogP contribution >= 0.6 is 11.6 Å². The normalized spacial score (nSPS) is 14.1. The lowest BCUT2D eigenvalue weighted by atomic mass is 9.99. The predicted octanol–water partition coefficient (Wildman–Crippen LogP) is 17.7. The molecule has 18 rings (SSSR count). The van der Waals surface area contributed by atoms with Crippen LogP contribution in [0.2, 0.25) is 5.15 Å². The summed E-state index contributed by atoms with van der Waals surface area (Å²) in [5, 5.41) is 7.89. The van der Waals surface area contributed by atoms with Crippen LogP contribution in [0.3, 0.4) is 0 Å². The molecule has 9 heterocycles. The van der Waals surface area contributed by atoms with Gasteiger partial charge in [0.05, 0.1) is 119 Å². The van der Waals surface area contributed by atoms with E-state index in [9.17, 15) is 43.2 Å². The SMILES string of the molecule is CC[C@H](N)c1nc2cccc(CC(=O)c3ccc(C(=O)OC)cc3)c2c(=O)n1-c1ccccc1.CC[C@H](NC(=O)OC(C)(C)C)c1nc2cccc(C#Cc3ccc(C(=O)OC)cc3)c2c(=O)n1-c1ccccc1.CC[C@H](Nc1ncnc2c1ncn2C1CCCCO1)c1nc2cccc(CC(=O)c3ccc(C(=O)OC)cc3)c2c(=O)n1-c1ccccc1.Clc1ncnc2c1ncn2C1CCCCO1. The quantitative estimate of drug-likeness (QED) is 0.0176. The minimum atomic E-state index is -0.675. The molecule has 7 aromatic heterocycles. The Morgan fingerprint density at radius 3 is 1.32 bits per heavy atom. The largest absolute Gasteiger partial charge is 0.465 e. The highest BCUT2D eigenvalue weighted by Crippen LogP contribution is 2.34. The maximum atomic E-state index is 14.6. The molecule has 2 saturated heterocycles. The third kappa shape index (κ3) is 22.4. The summed E-state index contributed by atoms with van der Waals surface area (Å²) in [5.74, 6) is 6.30. The highest BCUT2D eigenvalue weighted by atomic mass is 35.5. The van der Waals surface area contributed by atoms with Gasteiger partial charge in [-0.3, -0.25) is 46.8 Å². The van der Waals surface area contributed by atoms with Crippen molar-refractivity contribution in [3.05, 3.63) is 347 Å². The zero-order valence-corrected chi connectivity index (χ0v) is 78.8. The van der Waals surface area contributed by atoms with Crippen LogP contribution in [0.1, 0.15) is 221 Å². The van der Waals surface area contributed by atoms with Crippen molar-refractivity contribution in [2.24, 2.45) is 5.73 Å². The van der Waals surface area contributed by atoms with E-state index in [-0.39, 0.29) is 53.5 Å². The van der Waals surface area contributed by atoms with Gasteiger partial charge >= 0.3 is 24.0 Å². The summed E-state index contributed by atoms with van der Waals surface area (Å²) >= 11 is 5.94. The number of ketones is 2. The first-order valence-corrected chi connectivity index (χ1v) is 46.0. The van der Waals surface area contributed by atoms with E-state index >= 15 is 0 Å². The van der Waals surface area contributed by atoms with Crippen molar-refractivity contribution in [1.82, 2.24) is 73.0 Å². The number of hydrogen-bond acceptors (Lipinski definition) is 26. The highest BCUT2D eigenvalue weighted by molar-refractivity contribution is 6.33. The van der Waals surface area contributed by atoms with Crippen LogP contribution in [-0.4, -0.2) is 143 Å². The molecule has 0 bridgehead atoms. The first-order chi connectivity index (χ1) is 67.4. The third-order valence-electron chi connectivity index (χ3n) is 23.4. The van der Waals surface area contributed by atoms with Gasteiger partial charge < -0.3 is 44.8 Å². The molecule has 9 aromatic carbocycles. The molecule has 1 amide bonds. The van der Waals surface area contributed by atoms with Crippen LogP contribution in [-0.2, 0) is 41.3 Å². The number of rotatable bonds is 23. The Morgan fingerprint density at radius 1 is 0.460 bits per heavy atom. The molecule has 708 valence electrons. The number of ether oxygens (including phenoxy) is 6. The van der Waals surface area contributed by atoms with E-state index in [1.165, 1.54) is 49.5 Å². The van der Waals surface area contributed by atoms with Gasteiger partial charge in [0, 0.05) is 48.3 Å². The van der Waals surface area contributed by atoms with Gasteiger partial charge in [0.2, 0.25) is 0 Å². The number of aromatic nitrogens is 14. The number of halogens is 1. The summed E-state index contributed by atoms with van der Waals surface area (Å²) in [6.07, 6.45) is 13.7. The van der Waals surface area contributed by atoms with Crippen molar-refractivity contribution in [2.45, 2.75) is 148 Å². The fraction of sp³-hybridized carbons (Fsp3) is 0.264. The van der Waals surface area contributed by atoms with Gasteiger partial charge in [0.15, 0.2) is 39.3 Å². The molecule has 0 aliphatic carbocycles. The Kier molecular flexibility index (Phi) is 31.4. The molecule has 0 radical (unpaired) electrons. The number of benzene rings is 9. The zero-order chi connectivity index (χ0) is 98.0. The van der Waals surface area contributed by atoms with Crippen molar-refractivity contribution in [3.8, 4) is 28.9 Å². The van der Waals surface area contributed by atoms with Gasteiger partial charge in [0.1, 0.15) is 53.7 Å². The molecule has 2 aliphatic rings. The number of hydrogen-bond donors (Lipinski definition) is 3. The Balaban J connectivity index is 0.000000148. The van der Waals surface area contributed by atoms with Gasteiger partial charge in [-0.25, -0.2) is 64.0 Å². The molecule has 16 aromatic rings. The van der Waals surface area contributed by atoms with Crippen LogP contribution in [0.5, 0.6) is 0 Å². The number of nitrogens with one attached hydrogen (secondary N) is 2. The number of carbonyl (C=O) groups is 6. The van der Waals surface area contributed by atoms with E-state index < -0.39 is 47.7 Å². The molecular weight excluding hydrogens is 1790 g/mol. The lowest BCUT2D eigenvalue weighted by molar-refractivity contribution is -0.0299. The number of amides is 1. The van der Waals surface area contributed by atoms with Crippen LogP contribution in [0.4, 0.5) is 10.6 Å². The van der Waals surface area contributed by atoms with Gasteiger partial charge in [-0.15, -0.1) is 0 Å². The average molecular weight is 1890 g/mol. The minimum absolute atomic E-state index is 0.0137. The van der Waals surface area contributed by atoms with Crippen molar-refractivity contribution in [3.63, 3.8) is 0 Å². The second kappa shape index (κ2) is 44.7. The summed E-state index contributed by atoms with van der Waals surface area (Å²) in [6, 6.07) is 61.5. The number of esters is 3. The van der Waals surface area contributed by atoms with Crippen LogP contribution in [0.25, 0.3) is 72.1 Å². The maximum Gasteiger partial charge on any atom is 0.408 e. The van der Waals surface area contributed by atoms with E-state index in [0.29, 0.717) is 171 Å². The molecule has 2 aliphatic heterocycles. The number of anilines is 1. The molecule has 5 atom stereocenters. The highest BCUT2D eigenvalue weighted by Gasteiger charge is 2.31. The molecule has 4 N–H and O–H groups in total. The molecule has 2 fully saturated rings. The van der Waals surface area contributed by atoms with Gasteiger partial charge in [-0.05, 0) is 199 Å². The van der Waals surface area contributed by atoms with Crippen molar-refractivity contribution in [2.75, 3.05) is 39.9 Å². The molecular formula is C106H102ClN17O15. The molecule has 33 heteroatoms. The summed E-state index contributed by atoms with van der Waals surface area (Å²) in [4.78, 5) is 158. The molecule has 139 heavy (non-hydrogen) atoms. The standard InChI is InChI=1S/C37H35N7O5.C32H31N3O5.C27H25N3O4.C10H11ClN4O/c1-3-27(41-33-32-35(39-21-38-33)43(22-40-32)30-14-7-8-19-49-30)34-42-28-13-9-10-25(31(28)36(46)44(34)26-11-5-4-6-12-26)20-29(45)23-15-17-24(18-16-23)37(47)48-2;1-6-25(34-31(38)40-32(2,3)4)28-33-26-14-10-11-22(18-15-21-16-19-23(20-17-21)30(37)39-5)27(26)29(36)35(28)24-12-8-7-9-13-24;1-3-21(28)25-29-22-11-7-8-19(24(22)26(32)30(25)20-9-5-4-6-10-20)16-23(31)17-12-14-18(15-13-17)27(33)34-2;11-9-8-10(13-5-12-9)15(6-14-8)7-3-1-2-4-16-7/h4-6,9-13,15-18,21-22,27,30H,3,7-8,14,19-20H2,1-2H3,(H,38,39,41);7-14,16-17,19-20,25H,6H2,1-5H3,(H,34,38);4-15,21H,3,16,28H2,1-2H3;5-7H,1-4H2/t27-,30?;25-;21-;/m000./s1. The number of Topliss-reactive ketones (excluding diaryl/α,β-unsaturated/α-hetero) is 2. The van der Waals surface area contributed by atoms with Gasteiger partial charge in [-0.1, -0.05) is 153 Å². The number of methoxy groups -OCH3 is 3. The van der Waals surface area contributed by atoms with Crippen molar-refractivity contribution >= 4 is 108 Å². The molecule has 2 unspecified atom stereocenters. The van der Waals surface area contributed by atoms with E-state index in [1.807, 2.05) is 121 Å². The van der Waals surface area contributed by atoms with E-state index in [0.717, 1.165) is 44.4 Å². The predicted molar refractivity (Wildman–Crippen MR) is 527 cm³/mol. The van der Waals surface area contributed by atoms with Crippen LogP contribution < -0.4 is 33.0 Å². The second-order valence-corrected chi connectivity index (χ2v) is 34.1. The lowest BCUT2D eigenvalue weighted by Gasteiger charge is -2.24. The fourth-order valence-electron chi connectivity index (χ4n) is 16.4. The van der Waals surface area contributed by atoms with Crippen LogP contribution in [0.15, 0.2) is 258 Å². The number of alkyl carbamates (subject to hydrolysis) is 1. The fourth-order valence-corrected chi connectivity index (χ4v) is 16.6. The summed E-state index contributed by atoms with van der Waals surface area (Å²) in [6.45, 7) is 12.7. The first kappa shape index (κ1) is 97.6. The second-order valence-electron chi connectivity index (χ2n) is 33.7. The van der Waals surface area contributed by atoms with E-state index in [2.05, 4.69) is 52.4 Å². The lowest BCUT2D eigenvalue weighted by Crippen LogP contribution is -2.37.